The van der Waals surface area contributed by atoms with E-state index in [4.69, 9.17) is 9.29 Å². The summed E-state index contributed by atoms with van der Waals surface area (Å²) in [6.45, 7) is 0.312. The Labute approximate surface area is 88.1 Å². The molecule has 0 bridgehead atoms. The van der Waals surface area contributed by atoms with Crippen LogP contribution in [0.5, 0.6) is 0 Å². The fourth-order valence-electron chi connectivity index (χ4n) is 1.18. The van der Waals surface area contributed by atoms with Gasteiger partial charge in [0.05, 0.1) is 6.61 Å². The number of hydrogen-bond donors (Lipinski definition) is 2. The zero-order valence-electron chi connectivity index (χ0n) is 8.12. The molecule has 0 aliphatic rings. The van der Waals surface area contributed by atoms with E-state index in [1.165, 1.54) is 19.2 Å². The maximum Gasteiger partial charge on any atom is 0.296 e. The third-order valence-corrected chi connectivity index (χ3v) is 2.67. The van der Waals surface area contributed by atoms with E-state index in [0.29, 0.717) is 6.61 Å². The minimum absolute atomic E-state index is 0.118. The molecule has 1 unspecified atom stereocenters. The SMILES string of the molecule is COCc1cccc(C(O)S(=O)(=O)O)c1. The molecule has 1 rings (SSSR count). The molecule has 0 heterocycles. The van der Waals surface area contributed by atoms with Crippen LogP contribution in [0.4, 0.5) is 0 Å². The lowest BCUT2D eigenvalue weighted by Crippen LogP contribution is -2.11. The van der Waals surface area contributed by atoms with Gasteiger partial charge >= 0.3 is 0 Å². The quantitative estimate of drug-likeness (QED) is 0.747. The van der Waals surface area contributed by atoms with Gasteiger partial charge in [0, 0.05) is 7.11 Å². The van der Waals surface area contributed by atoms with Gasteiger partial charge in [-0.3, -0.25) is 4.55 Å². The molecule has 0 amide bonds. The van der Waals surface area contributed by atoms with Crippen molar-refractivity contribution in [2.75, 3.05) is 7.11 Å². The molecule has 6 heteroatoms. The second-order valence-corrected chi connectivity index (χ2v) is 4.52. The Hall–Kier alpha value is -0.950. The van der Waals surface area contributed by atoms with Crippen LogP contribution < -0.4 is 0 Å². The van der Waals surface area contributed by atoms with Gasteiger partial charge in [0.1, 0.15) is 0 Å². The largest absolute Gasteiger partial charge is 0.380 e. The van der Waals surface area contributed by atoms with Crippen LogP contribution in [0.2, 0.25) is 0 Å². The highest BCUT2D eigenvalue weighted by molar-refractivity contribution is 7.85. The number of benzene rings is 1. The summed E-state index contributed by atoms with van der Waals surface area (Å²) >= 11 is 0. The molecule has 0 aromatic heterocycles. The summed E-state index contributed by atoms with van der Waals surface area (Å²) in [7, 11) is -2.97. The minimum atomic E-state index is -4.47. The van der Waals surface area contributed by atoms with Crippen molar-refractivity contribution in [1.29, 1.82) is 0 Å². The van der Waals surface area contributed by atoms with Crippen molar-refractivity contribution in [2.24, 2.45) is 0 Å². The van der Waals surface area contributed by atoms with E-state index in [9.17, 15) is 13.5 Å². The van der Waals surface area contributed by atoms with Gasteiger partial charge in [-0.15, -0.1) is 0 Å². The summed E-state index contributed by atoms with van der Waals surface area (Å²) in [6.07, 6.45) is 0. The van der Waals surface area contributed by atoms with Crippen molar-refractivity contribution >= 4 is 10.1 Å². The highest BCUT2D eigenvalue weighted by Gasteiger charge is 2.21. The number of rotatable bonds is 4. The third-order valence-electron chi connectivity index (χ3n) is 1.83. The van der Waals surface area contributed by atoms with Crippen LogP contribution in [0.15, 0.2) is 24.3 Å². The van der Waals surface area contributed by atoms with Gasteiger partial charge in [0.2, 0.25) is 5.44 Å². The Morgan fingerprint density at radius 1 is 1.47 bits per heavy atom. The Bertz CT molecular complexity index is 426. The topological polar surface area (TPSA) is 83.8 Å². The Kier molecular flexibility index (Phi) is 3.81. The number of aliphatic hydroxyl groups excluding tert-OH is 1. The number of aliphatic hydroxyl groups is 1. The molecule has 0 fully saturated rings. The smallest absolute Gasteiger partial charge is 0.296 e. The first-order chi connectivity index (χ1) is 6.95. The van der Waals surface area contributed by atoms with E-state index in [1.807, 2.05) is 0 Å². The number of ether oxygens (including phenoxy) is 1. The van der Waals surface area contributed by atoms with Gasteiger partial charge in [-0.25, -0.2) is 0 Å². The lowest BCUT2D eigenvalue weighted by molar-refractivity contribution is 0.184. The average molecular weight is 232 g/mol. The Morgan fingerprint density at radius 3 is 2.67 bits per heavy atom. The summed E-state index contributed by atoms with van der Waals surface area (Å²) in [5.41, 5.74) is -1.07. The normalized spacial score (nSPS) is 13.8. The van der Waals surface area contributed by atoms with Gasteiger partial charge in [-0.05, 0) is 17.2 Å². The van der Waals surface area contributed by atoms with E-state index < -0.39 is 15.6 Å². The van der Waals surface area contributed by atoms with Crippen LogP contribution >= 0.6 is 0 Å². The summed E-state index contributed by atoms with van der Waals surface area (Å²) < 4.78 is 34.9. The highest BCUT2D eigenvalue weighted by Crippen LogP contribution is 2.19. The monoisotopic (exact) mass is 232 g/mol. The molecule has 0 saturated heterocycles. The molecule has 0 radical (unpaired) electrons. The molecule has 5 nitrogen and oxygen atoms in total. The Balaban J connectivity index is 3.00. The van der Waals surface area contributed by atoms with Gasteiger partial charge in [-0.1, -0.05) is 18.2 Å². The first kappa shape index (κ1) is 12.1. The van der Waals surface area contributed by atoms with Crippen LogP contribution in [0.3, 0.4) is 0 Å². The summed E-state index contributed by atoms with van der Waals surface area (Å²) in [6, 6.07) is 6.18. The highest BCUT2D eigenvalue weighted by atomic mass is 32.2. The second-order valence-electron chi connectivity index (χ2n) is 3.05. The molecule has 1 atom stereocenters. The predicted molar refractivity (Wildman–Crippen MR) is 53.7 cm³/mol. The van der Waals surface area contributed by atoms with Crippen molar-refractivity contribution in [3.63, 3.8) is 0 Å². The van der Waals surface area contributed by atoms with Crippen LogP contribution in [-0.4, -0.2) is 25.2 Å². The first-order valence-electron chi connectivity index (χ1n) is 4.17. The summed E-state index contributed by atoms with van der Waals surface area (Å²) in [5, 5.41) is 9.27. The second kappa shape index (κ2) is 4.71. The fourth-order valence-corrected chi connectivity index (χ4v) is 1.67. The molecular formula is C9H12O5S. The zero-order chi connectivity index (χ0) is 11.5. The Morgan fingerprint density at radius 2 is 2.13 bits per heavy atom. The van der Waals surface area contributed by atoms with E-state index in [2.05, 4.69) is 0 Å². The molecule has 0 saturated carbocycles. The summed E-state index contributed by atoms with van der Waals surface area (Å²) in [4.78, 5) is 0. The van der Waals surface area contributed by atoms with E-state index in [-0.39, 0.29) is 5.56 Å². The standard InChI is InChI=1S/C9H12O5S/c1-14-6-7-3-2-4-8(5-7)9(10)15(11,12)13/h2-5,9-10H,6H2,1H3,(H,11,12,13). The minimum Gasteiger partial charge on any atom is -0.380 e. The molecule has 0 spiro atoms. The van der Waals surface area contributed by atoms with E-state index >= 15 is 0 Å². The van der Waals surface area contributed by atoms with Crippen LogP contribution in [0.1, 0.15) is 16.6 Å². The average Bonchev–Trinajstić information content (AvgIpc) is 2.16. The summed E-state index contributed by atoms with van der Waals surface area (Å²) in [5.74, 6) is 0. The number of hydrogen-bond acceptors (Lipinski definition) is 4. The van der Waals surface area contributed by atoms with Crippen molar-refractivity contribution < 1.29 is 22.8 Å². The molecule has 1 aromatic carbocycles. The molecule has 84 valence electrons. The van der Waals surface area contributed by atoms with Crippen molar-refractivity contribution in [1.82, 2.24) is 0 Å². The van der Waals surface area contributed by atoms with Gasteiger partial charge in [-0.2, -0.15) is 8.42 Å². The molecule has 15 heavy (non-hydrogen) atoms. The lowest BCUT2D eigenvalue weighted by Gasteiger charge is -2.08. The lowest BCUT2D eigenvalue weighted by atomic mass is 10.1. The zero-order valence-corrected chi connectivity index (χ0v) is 8.94. The van der Waals surface area contributed by atoms with E-state index in [0.717, 1.165) is 5.56 Å². The maximum atomic E-state index is 10.7. The van der Waals surface area contributed by atoms with E-state index in [1.54, 1.807) is 12.1 Å². The maximum absolute atomic E-state index is 10.7. The van der Waals surface area contributed by atoms with Crippen molar-refractivity contribution in [3.8, 4) is 0 Å². The molecule has 0 aliphatic carbocycles. The molecule has 0 aliphatic heterocycles. The predicted octanol–water partition coefficient (Wildman–Crippen LogP) is 0.712. The van der Waals surface area contributed by atoms with Crippen molar-refractivity contribution in [2.45, 2.75) is 12.0 Å². The fraction of sp³-hybridized carbons (Fsp3) is 0.333. The van der Waals surface area contributed by atoms with Gasteiger partial charge in [0.15, 0.2) is 0 Å². The number of methoxy groups -OCH3 is 1. The molecule has 1 aromatic rings. The first-order valence-corrected chi connectivity index (χ1v) is 5.67. The van der Waals surface area contributed by atoms with Gasteiger partial charge < -0.3 is 9.84 Å². The molecular weight excluding hydrogens is 220 g/mol. The van der Waals surface area contributed by atoms with Gasteiger partial charge in [0.25, 0.3) is 10.1 Å². The third kappa shape index (κ3) is 3.28. The van der Waals surface area contributed by atoms with Crippen LogP contribution in [0, 0.1) is 0 Å². The molecule has 2 N–H and O–H groups in total. The van der Waals surface area contributed by atoms with Crippen LogP contribution in [0.25, 0.3) is 0 Å². The van der Waals surface area contributed by atoms with Crippen molar-refractivity contribution in [3.05, 3.63) is 35.4 Å². The van der Waals surface area contributed by atoms with Crippen LogP contribution in [-0.2, 0) is 21.5 Å².